The molecule has 0 aliphatic carbocycles. The first kappa shape index (κ1) is 8.74. The van der Waals surface area contributed by atoms with Crippen LogP contribution in [0.25, 0.3) is 0 Å². The SMILES string of the molecule is CC(C)OC1(C)SC=NC1=O. The Labute approximate surface area is 70.2 Å². The number of amides is 1. The summed E-state index contributed by atoms with van der Waals surface area (Å²) in [7, 11) is 0. The number of hydrogen-bond acceptors (Lipinski definition) is 3. The van der Waals surface area contributed by atoms with Gasteiger partial charge in [-0.1, -0.05) is 11.8 Å². The van der Waals surface area contributed by atoms with E-state index in [1.54, 1.807) is 6.92 Å². The van der Waals surface area contributed by atoms with E-state index in [0.29, 0.717) is 0 Å². The van der Waals surface area contributed by atoms with Crippen LogP contribution in [-0.2, 0) is 9.53 Å². The molecule has 1 rings (SSSR count). The van der Waals surface area contributed by atoms with Crippen molar-refractivity contribution < 1.29 is 9.53 Å². The zero-order chi connectivity index (χ0) is 8.48. The lowest BCUT2D eigenvalue weighted by atomic mass is 10.3. The standard InChI is InChI=1S/C7H11NO2S/c1-5(2)10-7(3)6(9)8-4-11-7/h4-5H,1-3H3. The van der Waals surface area contributed by atoms with Gasteiger partial charge in [-0.2, -0.15) is 0 Å². The summed E-state index contributed by atoms with van der Waals surface area (Å²) < 4.78 is 5.40. The number of aliphatic imine (C=N–C) groups is 1. The van der Waals surface area contributed by atoms with Crippen molar-refractivity contribution in [3.63, 3.8) is 0 Å². The molecule has 1 atom stereocenters. The van der Waals surface area contributed by atoms with E-state index in [-0.39, 0.29) is 12.0 Å². The summed E-state index contributed by atoms with van der Waals surface area (Å²) in [6, 6.07) is 0. The van der Waals surface area contributed by atoms with Gasteiger partial charge in [-0.3, -0.25) is 4.79 Å². The summed E-state index contributed by atoms with van der Waals surface area (Å²) in [5.74, 6) is -0.198. The van der Waals surface area contributed by atoms with Crippen molar-refractivity contribution in [2.75, 3.05) is 0 Å². The molecule has 0 fully saturated rings. The number of hydrogen-bond donors (Lipinski definition) is 0. The van der Waals surface area contributed by atoms with E-state index >= 15 is 0 Å². The van der Waals surface area contributed by atoms with Crippen LogP contribution in [0.3, 0.4) is 0 Å². The second kappa shape index (κ2) is 2.95. The van der Waals surface area contributed by atoms with Crippen molar-refractivity contribution in [2.24, 2.45) is 4.99 Å². The van der Waals surface area contributed by atoms with E-state index in [0.717, 1.165) is 0 Å². The van der Waals surface area contributed by atoms with Crippen molar-refractivity contribution in [3.8, 4) is 0 Å². The number of nitrogens with zero attached hydrogens (tertiary/aromatic N) is 1. The van der Waals surface area contributed by atoms with Gasteiger partial charge in [0.15, 0.2) is 4.93 Å². The van der Waals surface area contributed by atoms with Crippen LogP contribution in [0.2, 0.25) is 0 Å². The maximum Gasteiger partial charge on any atom is 0.288 e. The summed E-state index contributed by atoms with van der Waals surface area (Å²) in [4.78, 5) is 13.9. The van der Waals surface area contributed by atoms with Crippen molar-refractivity contribution in [1.82, 2.24) is 0 Å². The second-order valence-electron chi connectivity index (χ2n) is 2.77. The van der Waals surface area contributed by atoms with Gasteiger partial charge in [0.25, 0.3) is 5.91 Å². The first-order valence-electron chi connectivity index (χ1n) is 3.47. The molecule has 0 aromatic rings. The minimum absolute atomic E-state index is 0.0538. The third kappa shape index (κ3) is 1.81. The molecule has 1 aliphatic rings. The van der Waals surface area contributed by atoms with Crippen LogP contribution in [0.5, 0.6) is 0 Å². The van der Waals surface area contributed by atoms with Gasteiger partial charge in [-0.05, 0) is 20.8 Å². The van der Waals surface area contributed by atoms with Gasteiger partial charge in [0.05, 0.1) is 11.7 Å². The van der Waals surface area contributed by atoms with E-state index in [1.165, 1.54) is 17.3 Å². The molecular weight excluding hydrogens is 162 g/mol. The van der Waals surface area contributed by atoms with Crippen LogP contribution in [0, 0.1) is 0 Å². The van der Waals surface area contributed by atoms with Crippen LogP contribution in [0.4, 0.5) is 0 Å². The highest BCUT2D eigenvalue weighted by Crippen LogP contribution is 2.31. The van der Waals surface area contributed by atoms with Crippen molar-refractivity contribution in [2.45, 2.75) is 31.8 Å². The van der Waals surface area contributed by atoms with Crippen LogP contribution in [0.15, 0.2) is 4.99 Å². The van der Waals surface area contributed by atoms with E-state index in [2.05, 4.69) is 4.99 Å². The Balaban J connectivity index is 2.62. The topological polar surface area (TPSA) is 38.7 Å². The second-order valence-corrected chi connectivity index (χ2v) is 4.00. The largest absolute Gasteiger partial charge is 0.352 e. The summed E-state index contributed by atoms with van der Waals surface area (Å²) >= 11 is 1.32. The predicted molar refractivity (Wildman–Crippen MR) is 45.7 cm³/mol. The lowest BCUT2D eigenvalue weighted by molar-refractivity contribution is -0.133. The molecule has 0 radical (unpaired) electrons. The fourth-order valence-electron chi connectivity index (χ4n) is 0.870. The van der Waals surface area contributed by atoms with Crippen LogP contribution >= 0.6 is 11.8 Å². The number of thioether (sulfide) groups is 1. The fourth-order valence-corrected chi connectivity index (χ4v) is 1.62. The monoisotopic (exact) mass is 173 g/mol. The molecule has 0 aromatic carbocycles. The normalized spacial score (nSPS) is 30.4. The molecule has 4 heteroatoms. The highest BCUT2D eigenvalue weighted by atomic mass is 32.2. The molecular formula is C7H11NO2S. The zero-order valence-electron chi connectivity index (χ0n) is 6.83. The lowest BCUT2D eigenvalue weighted by Gasteiger charge is -2.22. The predicted octanol–water partition coefficient (Wildman–Crippen LogP) is 1.43. The highest BCUT2D eigenvalue weighted by Gasteiger charge is 2.38. The Morgan fingerprint density at radius 1 is 1.73 bits per heavy atom. The number of carbonyl (C=O) groups is 1. The first-order chi connectivity index (χ1) is 5.04. The molecule has 0 N–H and O–H groups in total. The summed E-state index contributed by atoms with van der Waals surface area (Å²) in [6.07, 6.45) is 0.0538. The summed E-state index contributed by atoms with van der Waals surface area (Å²) in [6.45, 7) is 5.54. The molecule has 0 saturated heterocycles. The maximum atomic E-state index is 11.1. The van der Waals surface area contributed by atoms with E-state index in [9.17, 15) is 4.79 Å². The third-order valence-corrected chi connectivity index (χ3v) is 2.23. The maximum absolute atomic E-state index is 11.1. The average molecular weight is 173 g/mol. The molecule has 3 nitrogen and oxygen atoms in total. The Bertz CT molecular complexity index is 203. The highest BCUT2D eigenvalue weighted by molar-refractivity contribution is 8.14. The Morgan fingerprint density at radius 3 is 2.73 bits per heavy atom. The molecule has 1 amide bonds. The summed E-state index contributed by atoms with van der Waals surface area (Å²) in [5, 5.41) is 0. The number of rotatable bonds is 2. The van der Waals surface area contributed by atoms with Gasteiger partial charge in [0, 0.05) is 0 Å². The molecule has 62 valence electrons. The molecule has 1 unspecified atom stereocenters. The molecule has 0 spiro atoms. The average Bonchev–Trinajstić information content (AvgIpc) is 2.11. The molecule has 0 bridgehead atoms. The van der Waals surface area contributed by atoms with E-state index in [4.69, 9.17) is 4.74 Å². The van der Waals surface area contributed by atoms with Crippen molar-refractivity contribution in [3.05, 3.63) is 0 Å². The van der Waals surface area contributed by atoms with E-state index in [1.807, 2.05) is 13.8 Å². The third-order valence-electron chi connectivity index (χ3n) is 1.30. The van der Waals surface area contributed by atoms with Gasteiger partial charge < -0.3 is 4.74 Å². The van der Waals surface area contributed by atoms with Gasteiger partial charge in [0.1, 0.15) is 0 Å². The van der Waals surface area contributed by atoms with Crippen molar-refractivity contribution in [1.29, 1.82) is 0 Å². The van der Waals surface area contributed by atoms with Crippen LogP contribution in [-0.4, -0.2) is 22.5 Å². The molecule has 1 heterocycles. The molecule has 11 heavy (non-hydrogen) atoms. The van der Waals surface area contributed by atoms with Gasteiger partial charge in [-0.15, -0.1) is 0 Å². The molecule has 1 aliphatic heterocycles. The Morgan fingerprint density at radius 2 is 2.36 bits per heavy atom. The van der Waals surface area contributed by atoms with Crippen LogP contribution < -0.4 is 0 Å². The van der Waals surface area contributed by atoms with Gasteiger partial charge in [-0.25, -0.2) is 4.99 Å². The van der Waals surface area contributed by atoms with Gasteiger partial charge >= 0.3 is 0 Å². The first-order valence-corrected chi connectivity index (χ1v) is 4.35. The van der Waals surface area contributed by atoms with Crippen molar-refractivity contribution >= 4 is 23.2 Å². The smallest absolute Gasteiger partial charge is 0.288 e. The minimum Gasteiger partial charge on any atom is -0.352 e. The zero-order valence-corrected chi connectivity index (χ0v) is 7.64. The fraction of sp³-hybridized carbons (Fsp3) is 0.714. The van der Waals surface area contributed by atoms with Gasteiger partial charge in [0.2, 0.25) is 0 Å². The Kier molecular flexibility index (Phi) is 2.34. The van der Waals surface area contributed by atoms with E-state index < -0.39 is 4.93 Å². The van der Waals surface area contributed by atoms with Crippen LogP contribution in [0.1, 0.15) is 20.8 Å². The number of ether oxygens (including phenoxy) is 1. The summed E-state index contributed by atoms with van der Waals surface area (Å²) in [5.41, 5.74) is 1.53. The quantitative estimate of drug-likeness (QED) is 0.634. The molecule has 0 aromatic heterocycles. The minimum atomic E-state index is -0.770. The Hall–Kier alpha value is -0.350. The molecule has 0 saturated carbocycles. The number of carbonyl (C=O) groups excluding carboxylic acids is 1. The lowest BCUT2D eigenvalue weighted by Crippen LogP contribution is -2.33.